The maximum absolute atomic E-state index is 11.7. The fourth-order valence-electron chi connectivity index (χ4n) is 2.67. The molecule has 0 unspecified atom stereocenters. The lowest BCUT2D eigenvalue weighted by molar-refractivity contribution is 0.743. The van der Waals surface area contributed by atoms with Gasteiger partial charge in [-0.1, -0.05) is 30.3 Å². The Morgan fingerprint density at radius 3 is 1.95 bits per heavy atom. The third-order valence-corrected chi connectivity index (χ3v) is 4.03. The van der Waals surface area contributed by atoms with Gasteiger partial charge in [0.15, 0.2) is 0 Å². The van der Waals surface area contributed by atoms with Crippen LogP contribution >= 0.6 is 0 Å². The van der Waals surface area contributed by atoms with Gasteiger partial charge in [0.1, 0.15) is 0 Å². The van der Waals surface area contributed by atoms with Crippen molar-refractivity contribution >= 4 is 0 Å². The van der Waals surface area contributed by atoms with Gasteiger partial charge >= 0.3 is 0 Å². The molecule has 22 heavy (non-hydrogen) atoms. The summed E-state index contributed by atoms with van der Waals surface area (Å²) in [6.45, 7) is 5.75. The second-order valence-electron chi connectivity index (χ2n) is 5.69. The zero-order valence-corrected chi connectivity index (χ0v) is 13.0. The number of hydrogen-bond donors (Lipinski definition) is 0. The number of aryl methyl sites for hydroxylation is 2. The molecule has 0 fully saturated rings. The van der Waals surface area contributed by atoms with Gasteiger partial charge in [-0.2, -0.15) is 0 Å². The van der Waals surface area contributed by atoms with Gasteiger partial charge in [-0.05, 0) is 43.2 Å². The second-order valence-corrected chi connectivity index (χ2v) is 5.69. The lowest BCUT2D eigenvalue weighted by Gasteiger charge is -2.10. The number of pyridine rings is 1. The highest BCUT2D eigenvalue weighted by atomic mass is 16.1. The van der Waals surface area contributed by atoms with Crippen molar-refractivity contribution in [2.45, 2.75) is 26.9 Å². The van der Waals surface area contributed by atoms with Crippen molar-refractivity contribution in [3.63, 3.8) is 0 Å². The molecule has 1 aromatic carbocycles. The molecule has 3 heteroatoms. The summed E-state index contributed by atoms with van der Waals surface area (Å²) in [6.07, 6.45) is 1.82. The molecule has 3 nitrogen and oxygen atoms in total. The third kappa shape index (κ3) is 3.03. The van der Waals surface area contributed by atoms with Gasteiger partial charge in [0, 0.05) is 30.2 Å². The van der Waals surface area contributed by atoms with Crippen LogP contribution < -0.4 is 5.56 Å². The average Bonchev–Trinajstić information content (AvgIpc) is 2.83. The van der Waals surface area contributed by atoms with E-state index in [0.717, 1.165) is 12.1 Å². The van der Waals surface area contributed by atoms with Crippen molar-refractivity contribution in [1.82, 2.24) is 9.13 Å². The first-order chi connectivity index (χ1) is 10.6. The first-order valence-electron chi connectivity index (χ1n) is 7.49. The lowest BCUT2D eigenvalue weighted by atomic mass is 10.1. The van der Waals surface area contributed by atoms with Crippen molar-refractivity contribution in [3.05, 3.63) is 93.7 Å². The SMILES string of the molecule is Cc1ccc(C)n1Cc1ccc(Cn2ccccc2=O)cc1. The normalized spacial score (nSPS) is 10.8. The van der Waals surface area contributed by atoms with Crippen LogP contribution in [0.15, 0.2) is 65.6 Å². The van der Waals surface area contributed by atoms with Gasteiger partial charge in [-0.15, -0.1) is 0 Å². The number of benzene rings is 1. The predicted octanol–water partition coefficient (Wildman–Crippen LogP) is 3.36. The van der Waals surface area contributed by atoms with Crippen molar-refractivity contribution in [2.24, 2.45) is 0 Å². The Balaban J connectivity index is 1.76. The Bertz CT molecular complexity index is 806. The Labute approximate surface area is 130 Å². The maximum atomic E-state index is 11.7. The Kier molecular flexibility index (Phi) is 3.96. The fourth-order valence-corrected chi connectivity index (χ4v) is 2.67. The molecule has 0 aliphatic carbocycles. The molecular weight excluding hydrogens is 272 g/mol. The van der Waals surface area contributed by atoms with E-state index in [2.05, 4.69) is 54.8 Å². The standard InChI is InChI=1S/C19H20N2O/c1-15-6-7-16(2)21(15)14-18-10-8-17(9-11-18)13-20-12-4-3-5-19(20)22/h3-12H,13-14H2,1-2H3. The molecule has 0 saturated heterocycles. The summed E-state index contributed by atoms with van der Waals surface area (Å²) >= 11 is 0. The summed E-state index contributed by atoms with van der Waals surface area (Å²) in [4.78, 5) is 11.7. The summed E-state index contributed by atoms with van der Waals surface area (Å²) in [5.41, 5.74) is 4.99. The third-order valence-electron chi connectivity index (χ3n) is 4.03. The summed E-state index contributed by atoms with van der Waals surface area (Å²) in [5.74, 6) is 0. The van der Waals surface area contributed by atoms with Gasteiger partial charge in [0.2, 0.25) is 0 Å². The molecule has 0 bridgehead atoms. The van der Waals surface area contributed by atoms with E-state index in [4.69, 9.17) is 0 Å². The van der Waals surface area contributed by atoms with E-state index >= 15 is 0 Å². The molecule has 0 saturated carbocycles. The van der Waals surface area contributed by atoms with E-state index in [1.807, 2.05) is 12.3 Å². The molecule has 2 aromatic heterocycles. The minimum absolute atomic E-state index is 0.0326. The molecule has 0 N–H and O–H groups in total. The summed E-state index contributed by atoms with van der Waals surface area (Å²) in [7, 11) is 0. The van der Waals surface area contributed by atoms with E-state index in [1.165, 1.54) is 17.0 Å². The predicted molar refractivity (Wildman–Crippen MR) is 89.3 cm³/mol. The van der Waals surface area contributed by atoms with Crippen molar-refractivity contribution in [3.8, 4) is 0 Å². The Hall–Kier alpha value is -2.55. The number of rotatable bonds is 4. The molecule has 2 heterocycles. The van der Waals surface area contributed by atoms with E-state index in [1.54, 1.807) is 16.7 Å². The largest absolute Gasteiger partial charge is 0.345 e. The van der Waals surface area contributed by atoms with E-state index < -0.39 is 0 Å². The van der Waals surface area contributed by atoms with Crippen molar-refractivity contribution in [1.29, 1.82) is 0 Å². The van der Waals surface area contributed by atoms with Crippen molar-refractivity contribution in [2.75, 3.05) is 0 Å². The second kappa shape index (κ2) is 6.06. The van der Waals surface area contributed by atoms with Crippen LogP contribution in [-0.4, -0.2) is 9.13 Å². The van der Waals surface area contributed by atoms with Crippen LogP contribution in [-0.2, 0) is 13.1 Å². The molecule has 3 aromatic rings. The van der Waals surface area contributed by atoms with Gasteiger partial charge in [0.25, 0.3) is 5.56 Å². The quantitative estimate of drug-likeness (QED) is 0.724. The smallest absolute Gasteiger partial charge is 0.250 e. The molecule has 0 aliphatic rings. The molecule has 0 atom stereocenters. The number of aromatic nitrogens is 2. The molecule has 0 radical (unpaired) electrons. The maximum Gasteiger partial charge on any atom is 0.250 e. The van der Waals surface area contributed by atoms with E-state index in [-0.39, 0.29) is 5.56 Å². The zero-order chi connectivity index (χ0) is 15.5. The van der Waals surface area contributed by atoms with E-state index in [9.17, 15) is 4.79 Å². The van der Waals surface area contributed by atoms with Crippen LogP contribution in [0.3, 0.4) is 0 Å². The van der Waals surface area contributed by atoms with Crippen LogP contribution in [0.2, 0.25) is 0 Å². The van der Waals surface area contributed by atoms with Gasteiger partial charge < -0.3 is 9.13 Å². The molecule has 0 amide bonds. The minimum Gasteiger partial charge on any atom is -0.345 e. The Morgan fingerprint density at radius 2 is 1.36 bits per heavy atom. The van der Waals surface area contributed by atoms with Crippen LogP contribution in [0.1, 0.15) is 22.5 Å². The van der Waals surface area contributed by atoms with Crippen LogP contribution in [0.25, 0.3) is 0 Å². The average molecular weight is 292 g/mol. The van der Waals surface area contributed by atoms with Gasteiger partial charge in [-0.3, -0.25) is 4.79 Å². The molecule has 0 spiro atoms. The zero-order valence-electron chi connectivity index (χ0n) is 13.0. The monoisotopic (exact) mass is 292 g/mol. The van der Waals surface area contributed by atoms with E-state index in [0.29, 0.717) is 6.54 Å². The summed E-state index contributed by atoms with van der Waals surface area (Å²) in [5, 5.41) is 0. The highest BCUT2D eigenvalue weighted by molar-refractivity contribution is 5.25. The van der Waals surface area contributed by atoms with Crippen LogP contribution in [0, 0.1) is 13.8 Å². The molecule has 3 rings (SSSR count). The van der Waals surface area contributed by atoms with Crippen LogP contribution in [0.5, 0.6) is 0 Å². The number of hydrogen-bond acceptors (Lipinski definition) is 1. The summed E-state index contributed by atoms with van der Waals surface area (Å²) < 4.78 is 4.02. The van der Waals surface area contributed by atoms with Crippen LogP contribution in [0.4, 0.5) is 0 Å². The highest BCUT2D eigenvalue weighted by Crippen LogP contribution is 2.12. The fraction of sp³-hybridized carbons (Fsp3) is 0.211. The molecule has 112 valence electrons. The first-order valence-corrected chi connectivity index (χ1v) is 7.49. The topological polar surface area (TPSA) is 26.9 Å². The minimum atomic E-state index is 0.0326. The van der Waals surface area contributed by atoms with Gasteiger partial charge in [0.05, 0.1) is 6.54 Å². The lowest BCUT2D eigenvalue weighted by Crippen LogP contribution is -2.18. The number of nitrogens with zero attached hydrogens (tertiary/aromatic N) is 2. The van der Waals surface area contributed by atoms with Crippen molar-refractivity contribution < 1.29 is 0 Å². The molecule has 0 aliphatic heterocycles. The Morgan fingerprint density at radius 1 is 0.773 bits per heavy atom. The molecular formula is C19H20N2O. The summed E-state index contributed by atoms with van der Waals surface area (Å²) in [6, 6.07) is 18.0. The van der Waals surface area contributed by atoms with Gasteiger partial charge in [-0.25, -0.2) is 0 Å². The highest BCUT2D eigenvalue weighted by Gasteiger charge is 2.03. The first kappa shape index (κ1) is 14.4.